The molecule has 0 unspecified atom stereocenters. The van der Waals surface area contributed by atoms with Crippen molar-refractivity contribution in [2.75, 3.05) is 6.54 Å². The monoisotopic (exact) mass is 273 g/mol. The summed E-state index contributed by atoms with van der Waals surface area (Å²) in [6.07, 6.45) is 5.16. The van der Waals surface area contributed by atoms with Gasteiger partial charge in [0.2, 0.25) is 0 Å². The summed E-state index contributed by atoms with van der Waals surface area (Å²) in [6.45, 7) is 8.62. The van der Waals surface area contributed by atoms with E-state index in [-0.39, 0.29) is 12.7 Å². The third-order valence-corrected chi connectivity index (χ3v) is 3.00. The molecule has 1 rings (SSSR count). The van der Waals surface area contributed by atoms with Crippen LogP contribution in [0.4, 0.5) is 4.79 Å². The van der Waals surface area contributed by atoms with Gasteiger partial charge in [-0.2, -0.15) is 0 Å². The molecule has 108 valence electrons. The van der Waals surface area contributed by atoms with Crippen LogP contribution in [0.15, 0.2) is 30.3 Å². The van der Waals surface area contributed by atoms with E-state index in [0.717, 1.165) is 5.56 Å². The molecule has 0 fully saturated rings. The molecule has 0 aliphatic rings. The second-order valence-corrected chi connectivity index (χ2v) is 5.75. The van der Waals surface area contributed by atoms with Crippen LogP contribution in [0.3, 0.4) is 0 Å². The average molecular weight is 273 g/mol. The molecule has 0 N–H and O–H groups in total. The summed E-state index contributed by atoms with van der Waals surface area (Å²) in [5.41, 5.74) is 0.307. The van der Waals surface area contributed by atoms with Crippen LogP contribution in [0.5, 0.6) is 0 Å². The Bertz CT molecular complexity index is 472. The summed E-state index contributed by atoms with van der Waals surface area (Å²) in [7, 11) is 0. The van der Waals surface area contributed by atoms with Crippen molar-refractivity contribution in [3.05, 3.63) is 35.9 Å². The Balaban J connectivity index is 2.72. The van der Waals surface area contributed by atoms with Crippen LogP contribution in [0.2, 0.25) is 0 Å². The number of hydrogen-bond acceptors (Lipinski definition) is 2. The highest BCUT2D eigenvalue weighted by Crippen LogP contribution is 2.17. The Morgan fingerprint density at radius 3 is 2.45 bits per heavy atom. The van der Waals surface area contributed by atoms with Crippen LogP contribution in [0.1, 0.15) is 33.3 Å². The van der Waals surface area contributed by atoms with Crippen LogP contribution in [-0.4, -0.2) is 23.1 Å². The molecule has 1 amide bonds. The van der Waals surface area contributed by atoms with E-state index in [0.29, 0.717) is 12.5 Å². The van der Waals surface area contributed by atoms with Crippen molar-refractivity contribution in [1.82, 2.24) is 4.90 Å². The fourth-order valence-electron chi connectivity index (χ4n) is 1.77. The minimum absolute atomic E-state index is 0.259. The Kier molecular flexibility index (Phi) is 5.64. The van der Waals surface area contributed by atoms with Gasteiger partial charge in [-0.1, -0.05) is 50.1 Å². The summed E-state index contributed by atoms with van der Waals surface area (Å²) in [6, 6.07) is 9.61. The largest absolute Gasteiger partial charge is 0.445 e. The van der Waals surface area contributed by atoms with Crippen molar-refractivity contribution in [2.24, 2.45) is 5.92 Å². The fraction of sp³-hybridized carbons (Fsp3) is 0.471. The first-order valence-electron chi connectivity index (χ1n) is 6.83. The lowest BCUT2D eigenvalue weighted by molar-refractivity contribution is 0.0674. The molecule has 3 nitrogen and oxygen atoms in total. The van der Waals surface area contributed by atoms with Crippen molar-refractivity contribution in [3.8, 4) is 12.3 Å². The smallest absolute Gasteiger partial charge is 0.411 e. The van der Waals surface area contributed by atoms with Gasteiger partial charge in [-0.05, 0) is 25.3 Å². The molecule has 0 aromatic heterocycles. The lowest BCUT2D eigenvalue weighted by Gasteiger charge is -2.34. The standard InChI is InChI=1S/C17H23NO2/c1-6-17(4,5)18(12-14(2)3)16(19)20-13-15-10-8-7-9-11-15/h1,7-11,14H,12-13H2,2-5H3. The molecule has 0 atom stereocenters. The zero-order valence-corrected chi connectivity index (χ0v) is 12.7. The molecule has 0 radical (unpaired) electrons. The van der Waals surface area contributed by atoms with Gasteiger partial charge in [0.1, 0.15) is 12.1 Å². The Labute approximate surface area is 121 Å². The Morgan fingerprint density at radius 2 is 1.95 bits per heavy atom. The van der Waals surface area contributed by atoms with Gasteiger partial charge in [-0.25, -0.2) is 4.79 Å². The van der Waals surface area contributed by atoms with E-state index in [4.69, 9.17) is 11.2 Å². The van der Waals surface area contributed by atoms with Crippen LogP contribution in [-0.2, 0) is 11.3 Å². The summed E-state index contributed by atoms with van der Waals surface area (Å²) < 4.78 is 5.37. The van der Waals surface area contributed by atoms with Crippen molar-refractivity contribution < 1.29 is 9.53 Å². The molecular formula is C17H23NO2. The van der Waals surface area contributed by atoms with Crippen LogP contribution >= 0.6 is 0 Å². The molecule has 3 heteroatoms. The molecule has 1 aromatic carbocycles. The van der Waals surface area contributed by atoms with Crippen molar-refractivity contribution in [1.29, 1.82) is 0 Å². The van der Waals surface area contributed by atoms with Crippen LogP contribution < -0.4 is 0 Å². The van der Waals surface area contributed by atoms with E-state index in [1.807, 2.05) is 58.0 Å². The molecule has 0 bridgehead atoms. The van der Waals surface area contributed by atoms with Gasteiger partial charge in [0.25, 0.3) is 0 Å². The number of terminal acetylenes is 1. The molecule has 0 saturated carbocycles. The maximum absolute atomic E-state index is 12.3. The van der Waals surface area contributed by atoms with Gasteiger partial charge in [-0.3, -0.25) is 4.90 Å². The van der Waals surface area contributed by atoms with E-state index >= 15 is 0 Å². The predicted molar refractivity (Wildman–Crippen MR) is 81.1 cm³/mol. The summed E-state index contributed by atoms with van der Waals surface area (Å²) in [4.78, 5) is 13.9. The van der Waals surface area contributed by atoms with Crippen molar-refractivity contribution in [2.45, 2.75) is 39.8 Å². The molecule has 0 saturated heterocycles. The molecule has 0 spiro atoms. The summed E-state index contributed by atoms with van der Waals surface area (Å²) >= 11 is 0. The number of ether oxygens (including phenoxy) is 1. The third-order valence-electron chi connectivity index (χ3n) is 3.00. The number of benzene rings is 1. The fourth-order valence-corrected chi connectivity index (χ4v) is 1.77. The number of amides is 1. The molecular weight excluding hydrogens is 250 g/mol. The summed E-state index contributed by atoms with van der Waals surface area (Å²) in [5.74, 6) is 2.98. The first kappa shape index (κ1) is 16.1. The molecule has 20 heavy (non-hydrogen) atoms. The van der Waals surface area contributed by atoms with Gasteiger partial charge in [0.05, 0.1) is 0 Å². The van der Waals surface area contributed by atoms with E-state index in [9.17, 15) is 4.79 Å². The lowest BCUT2D eigenvalue weighted by Crippen LogP contribution is -2.48. The molecule has 0 aliphatic carbocycles. The first-order valence-corrected chi connectivity index (χ1v) is 6.83. The maximum Gasteiger partial charge on any atom is 0.411 e. The second-order valence-electron chi connectivity index (χ2n) is 5.75. The number of rotatable bonds is 5. The minimum Gasteiger partial charge on any atom is -0.445 e. The quantitative estimate of drug-likeness (QED) is 0.766. The lowest BCUT2D eigenvalue weighted by atomic mass is 10.0. The highest BCUT2D eigenvalue weighted by atomic mass is 16.6. The van der Waals surface area contributed by atoms with Crippen LogP contribution in [0, 0.1) is 18.3 Å². The van der Waals surface area contributed by atoms with Gasteiger partial charge in [0.15, 0.2) is 0 Å². The highest BCUT2D eigenvalue weighted by molar-refractivity contribution is 5.69. The van der Waals surface area contributed by atoms with E-state index in [1.54, 1.807) is 4.90 Å². The SMILES string of the molecule is C#CC(C)(C)N(CC(C)C)C(=O)OCc1ccccc1. The third kappa shape index (κ3) is 4.62. The number of carbonyl (C=O) groups is 1. The first-order chi connectivity index (χ1) is 9.36. The second kappa shape index (κ2) is 7.00. The predicted octanol–water partition coefficient (Wildman–Crippen LogP) is 3.69. The van der Waals surface area contributed by atoms with E-state index in [1.165, 1.54) is 0 Å². The molecule has 0 aliphatic heterocycles. The van der Waals surface area contributed by atoms with E-state index < -0.39 is 5.54 Å². The number of nitrogens with zero attached hydrogens (tertiary/aromatic N) is 1. The number of hydrogen-bond donors (Lipinski definition) is 0. The summed E-state index contributed by atoms with van der Waals surface area (Å²) in [5, 5.41) is 0. The maximum atomic E-state index is 12.3. The normalized spacial score (nSPS) is 11.0. The molecule has 0 heterocycles. The zero-order valence-electron chi connectivity index (χ0n) is 12.7. The van der Waals surface area contributed by atoms with Gasteiger partial charge < -0.3 is 4.74 Å². The van der Waals surface area contributed by atoms with Crippen molar-refractivity contribution in [3.63, 3.8) is 0 Å². The van der Waals surface area contributed by atoms with Crippen molar-refractivity contribution >= 4 is 6.09 Å². The topological polar surface area (TPSA) is 29.5 Å². The minimum atomic E-state index is -0.655. The Morgan fingerprint density at radius 1 is 1.35 bits per heavy atom. The number of carbonyl (C=O) groups excluding carboxylic acids is 1. The average Bonchev–Trinajstić information content (AvgIpc) is 2.43. The van der Waals surface area contributed by atoms with E-state index in [2.05, 4.69) is 5.92 Å². The van der Waals surface area contributed by atoms with Gasteiger partial charge in [0, 0.05) is 6.54 Å². The van der Waals surface area contributed by atoms with Gasteiger partial charge in [-0.15, -0.1) is 6.42 Å². The Hall–Kier alpha value is -1.95. The zero-order chi connectivity index (χ0) is 15.2. The molecule has 1 aromatic rings. The van der Waals surface area contributed by atoms with Crippen LogP contribution in [0.25, 0.3) is 0 Å². The highest BCUT2D eigenvalue weighted by Gasteiger charge is 2.30. The van der Waals surface area contributed by atoms with Gasteiger partial charge >= 0.3 is 6.09 Å².